The summed E-state index contributed by atoms with van der Waals surface area (Å²) in [5.41, 5.74) is 0. The fraction of sp³-hybridized carbons (Fsp3) is 0.838. The van der Waals surface area contributed by atoms with Crippen LogP contribution in [0.25, 0.3) is 0 Å². The van der Waals surface area contributed by atoms with Gasteiger partial charge in [0.1, 0.15) is 13.2 Å². The number of unbranched alkanes of at least 4 members (excludes halogenated alkanes) is 41. The molecule has 1 atom stereocenters. The molecule has 0 aromatic rings. The zero-order valence-electron chi connectivity index (χ0n) is 49.6. The van der Waals surface area contributed by atoms with Crippen molar-refractivity contribution in [2.24, 2.45) is 0 Å². The molecule has 0 saturated heterocycles. The van der Waals surface area contributed by atoms with Crippen molar-refractivity contribution < 1.29 is 28.6 Å². The number of allylic oxidation sites excluding steroid dienone is 8. The average molecular weight is 1040 g/mol. The van der Waals surface area contributed by atoms with E-state index in [-0.39, 0.29) is 31.1 Å². The van der Waals surface area contributed by atoms with Crippen LogP contribution < -0.4 is 0 Å². The van der Waals surface area contributed by atoms with Gasteiger partial charge in [0, 0.05) is 19.3 Å². The Kier molecular flexibility index (Phi) is 60.7. The molecule has 0 aliphatic rings. The van der Waals surface area contributed by atoms with Gasteiger partial charge < -0.3 is 14.2 Å². The van der Waals surface area contributed by atoms with Gasteiger partial charge in [-0.25, -0.2) is 0 Å². The summed E-state index contributed by atoms with van der Waals surface area (Å²) < 4.78 is 16.9. The van der Waals surface area contributed by atoms with Gasteiger partial charge in [-0.2, -0.15) is 0 Å². The molecule has 0 aliphatic carbocycles. The normalized spacial score (nSPS) is 12.3. The highest BCUT2D eigenvalue weighted by atomic mass is 16.6. The SMILES string of the molecule is CCCCC/C=C\C/C=C\C/C=C\CCCCCCCCC(=O)OC(COC(=O)CCCCCCCCCCCCCC)COC(=O)CCCCCCCCCCCCCCC/C=C\CCCCCCCCCC. The number of hydrogen-bond donors (Lipinski definition) is 0. The molecule has 0 spiro atoms. The van der Waals surface area contributed by atoms with Crippen molar-refractivity contribution in [3.63, 3.8) is 0 Å². The standard InChI is InChI=1S/C68H124O6/c1-4-7-10-13-16-19-22-25-27-29-31-32-33-34-35-36-38-39-41-43-46-49-52-55-58-61-67(70)73-64-65(63-72-66(69)60-57-54-51-48-45-24-21-18-15-12-9-6-3)74-68(71)62-59-56-53-50-47-44-42-40-37-30-28-26-23-20-17-14-11-8-5-2/h17,20,26,28-29,31,37,40,65H,4-16,18-19,21-25,27,30,32-36,38-39,41-64H2,1-3H3/b20-17-,28-26-,31-29-,40-37-. The number of carbonyl (C=O) groups excluding carboxylic acids is 3. The van der Waals surface area contributed by atoms with Crippen LogP contribution in [-0.2, 0) is 28.6 Å². The van der Waals surface area contributed by atoms with Gasteiger partial charge in [0.05, 0.1) is 0 Å². The van der Waals surface area contributed by atoms with Crippen molar-refractivity contribution in [3.8, 4) is 0 Å². The molecule has 0 heterocycles. The van der Waals surface area contributed by atoms with E-state index in [1.54, 1.807) is 0 Å². The lowest BCUT2D eigenvalue weighted by molar-refractivity contribution is -0.167. The van der Waals surface area contributed by atoms with E-state index in [4.69, 9.17) is 14.2 Å². The summed E-state index contributed by atoms with van der Waals surface area (Å²) in [6.45, 7) is 6.65. The van der Waals surface area contributed by atoms with Crippen molar-refractivity contribution in [2.75, 3.05) is 13.2 Å². The van der Waals surface area contributed by atoms with Crippen LogP contribution in [0.1, 0.15) is 348 Å². The Morgan fingerprint density at radius 1 is 0.270 bits per heavy atom. The molecule has 0 rings (SSSR count). The molecule has 0 aromatic carbocycles. The van der Waals surface area contributed by atoms with E-state index >= 15 is 0 Å². The molecule has 0 N–H and O–H groups in total. The number of ether oxygens (including phenoxy) is 3. The van der Waals surface area contributed by atoms with Crippen LogP contribution in [0.4, 0.5) is 0 Å². The molecule has 74 heavy (non-hydrogen) atoms. The number of hydrogen-bond acceptors (Lipinski definition) is 6. The van der Waals surface area contributed by atoms with Crippen LogP contribution >= 0.6 is 0 Å². The maximum atomic E-state index is 12.9. The van der Waals surface area contributed by atoms with Gasteiger partial charge in [-0.05, 0) is 83.5 Å². The second-order valence-corrected chi connectivity index (χ2v) is 22.0. The Balaban J connectivity index is 4.26. The Bertz CT molecular complexity index is 1280. The second kappa shape index (κ2) is 62.9. The summed E-state index contributed by atoms with van der Waals surface area (Å²) >= 11 is 0. The Morgan fingerprint density at radius 2 is 0.486 bits per heavy atom. The molecule has 0 fully saturated rings. The molecule has 0 bridgehead atoms. The summed E-state index contributed by atoms with van der Waals surface area (Å²) in [4.78, 5) is 38.3. The molecule has 432 valence electrons. The van der Waals surface area contributed by atoms with Crippen molar-refractivity contribution in [1.82, 2.24) is 0 Å². The summed E-state index contributed by atoms with van der Waals surface area (Å²) in [6, 6.07) is 0. The highest BCUT2D eigenvalue weighted by Gasteiger charge is 2.19. The predicted octanol–water partition coefficient (Wildman–Crippen LogP) is 22.2. The molecular weight excluding hydrogens is 913 g/mol. The van der Waals surface area contributed by atoms with Crippen molar-refractivity contribution in [2.45, 2.75) is 354 Å². The number of rotatable bonds is 60. The van der Waals surface area contributed by atoms with Crippen LogP contribution in [0.2, 0.25) is 0 Å². The lowest BCUT2D eigenvalue weighted by Gasteiger charge is -2.18. The molecule has 6 heteroatoms. The zero-order valence-corrected chi connectivity index (χ0v) is 49.6. The van der Waals surface area contributed by atoms with E-state index in [0.29, 0.717) is 19.3 Å². The molecule has 0 saturated carbocycles. The monoisotopic (exact) mass is 1040 g/mol. The zero-order chi connectivity index (χ0) is 53.6. The lowest BCUT2D eigenvalue weighted by Crippen LogP contribution is -2.30. The predicted molar refractivity (Wildman–Crippen MR) is 321 cm³/mol. The van der Waals surface area contributed by atoms with Gasteiger partial charge in [-0.15, -0.1) is 0 Å². The molecule has 1 unspecified atom stereocenters. The first-order chi connectivity index (χ1) is 36.5. The highest BCUT2D eigenvalue weighted by molar-refractivity contribution is 5.71. The quantitative estimate of drug-likeness (QED) is 0.0261. The van der Waals surface area contributed by atoms with E-state index in [1.165, 1.54) is 231 Å². The van der Waals surface area contributed by atoms with Gasteiger partial charge in [-0.3, -0.25) is 14.4 Å². The lowest BCUT2D eigenvalue weighted by atomic mass is 10.0. The summed E-state index contributed by atoms with van der Waals surface area (Å²) in [5.74, 6) is -0.867. The topological polar surface area (TPSA) is 78.9 Å². The van der Waals surface area contributed by atoms with Crippen LogP contribution in [0.5, 0.6) is 0 Å². The fourth-order valence-corrected chi connectivity index (χ4v) is 9.62. The Labute approximate surface area is 460 Å². The largest absolute Gasteiger partial charge is 0.462 e. The van der Waals surface area contributed by atoms with Gasteiger partial charge in [0.25, 0.3) is 0 Å². The fourth-order valence-electron chi connectivity index (χ4n) is 9.62. The summed E-state index contributed by atoms with van der Waals surface area (Å²) in [7, 11) is 0. The summed E-state index contributed by atoms with van der Waals surface area (Å²) in [6.07, 6.45) is 78.3. The van der Waals surface area contributed by atoms with E-state index in [1.807, 2.05) is 0 Å². The molecule has 0 aromatic heterocycles. The first kappa shape index (κ1) is 71.4. The van der Waals surface area contributed by atoms with Crippen molar-refractivity contribution >= 4 is 17.9 Å². The third-order valence-electron chi connectivity index (χ3n) is 14.6. The minimum absolute atomic E-state index is 0.0747. The molecular formula is C68H124O6. The van der Waals surface area contributed by atoms with Gasteiger partial charge in [-0.1, -0.05) is 294 Å². The molecule has 0 radical (unpaired) electrons. The Morgan fingerprint density at radius 3 is 0.797 bits per heavy atom. The van der Waals surface area contributed by atoms with Crippen LogP contribution in [0, 0.1) is 0 Å². The van der Waals surface area contributed by atoms with E-state index in [2.05, 4.69) is 69.4 Å². The molecule has 6 nitrogen and oxygen atoms in total. The highest BCUT2D eigenvalue weighted by Crippen LogP contribution is 2.17. The van der Waals surface area contributed by atoms with E-state index in [9.17, 15) is 14.4 Å². The summed E-state index contributed by atoms with van der Waals surface area (Å²) in [5, 5.41) is 0. The first-order valence-corrected chi connectivity index (χ1v) is 32.6. The average Bonchev–Trinajstić information content (AvgIpc) is 3.40. The Hall–Kier alpha value is -2.63. The minimum atomic E-state index is -0.778. The third kappa shape index (κ3) is 60.2. The maximum Gasteiger partial charge on any atom is 0.306 e. The van der Waals surface area contributed by atoms with Gasteiger partial charge >= 0.3 is 17.9 Å². The maximum absolute atomic E-state index is 12.9. The number of esters is 3. The number of carbonyl (C=O) groups is 3. The van der Waals surface area contributed by atoms with Gasteiger partial charge in [0.15, 0.2) is 6.10 Å². The third-order valence-corrected chi connectivity index (χ3v) is 14.6. The van der Waals surface area contributed by atoms with Crippen LogP contribution in [0.3, 0.4) is 0 Å². The molecule has 0 aliphatic heterocycles. The van der Waals surface area contributed by atoms with Crippen LogP contribution in [0.15, 0.2) is 48.6 Å². The van der Waals surface area contributed by atoms with Crippen molar-refractivity contribution in [3.05, 3.63) is 48.6 Å². The molecule has 0 amide bonds. The first-order valence-electron chi connectivity index (χ1n) is 32.6. The van der Waals surface area contributed by atoms with Crippen molar-refractivity contribution in [1.29, 1.82) is 0 Å². The minimum Gasteiger partial charge on any atom is -0.462 e. The van der Waals surface area contributed by atoms with E-state index < -0.39 is 6.10 Å². The van der Waals surface area contributed by atoms with Gasteiger partial charge in [0.2, 0.25) is 0 Å². The smallest absolute Gasteiger partial charge is 0.306 e. The van der Waals surface area contributed by atoms with E-state index in [0.717, 1.165) is 77.0 Å². The van der Waals surface area contributed by atoms with Crippen LogP contribution in [-0.4, -0.2) is 37.2 Å². The second-order valence-electron chi connectivity index (χ2n) is 22.0.